The third-order valence-corrected chi connectivity index (χ3v) is 5.67. The van der Waals surface area contributed by atoms with Crippen molar-refractivity contribution in [1.82, 2.24) is 4.90 Å². The van der Waals surface area contributed by atoms with Gasteiger partial charge in [0.25, 0.3) is 5.91 Å². The third kappa shape index (κ3) is 9.20. The fraction of sp³-hybridized carbons (Fsp3) is 0.267. The number of piperazine rings is 1. The van der Waals surface area contributed by atoms with Crippen LogP contribution in [0.2, 0.25) is 0 Å². The minimum absolute atomic E-state index is 0. The van der Waals surface area contributed by atoms with E-state index in [0.717, 1.165) is 43.9 Å². The molecule has 0 atom stereocenters. The molecule has 0 saturated carbocycles. The molecule has 3 N–H and O–H groups in total. The van der Waals surface area contributed by atoms with Gasteiger partial charge in [-0.1, -0.05) is 70.3 Å². The molecule has 0 unspecified atom stereocenters. The van der Waals surface area contributed by atoms with Crippen LogP contribution in [0.5, 0.6) is 0 Å². The molecule has 0 spiro atoms. The van der Waals surface area contributed by atoms with Crippen molar-refractivity contribution in [2.45, 2.75) is 21.3 Å². The molecule has 1 saturated heterocycles. The van der Waals surface area contributed by atoms with Crippen LogP contribution in [0.25, 0.3) is 5.57 Å². The van der Waals surface area contributed by atoms with Gasteiger partial charge in [0.15, 0.2) is 0 Å². The minimum atomic E-state index is -0.174. The van der Waals surface area contributed by atoms with Crippen molar-refractivity contribution < 1.29 is 37.5 Å². The van der Waals surface area contributed by atoms with E-state index in [9.17, 15) is 4.79 Å². The predicted octanol–water partition coefficient (Wildman–Crippen LogP) is 6.47. The maximum absolute atomic E-state index is 12.5. The summed E-state index contributed by atoms with van der Waals surface area (Å²) in [6, 6.07) is 25.4. The van der Waals surface area contributed by atoms with Gasteiger partial charge >= 0.3 is 0 Å². The van der Waals surface area contributed by atoms with E-state index < -0.39 is 0 Å². The first-order valence-corrected chi connectivity index (χ1v) is 11.6. The second kappa shape index (κ2) is 17.1. The van der Waals surface area contributed by atoms with Crippen molar-refractivity contribution in [3.05, 3.63) is 104 Å². The molecule has 36 heavy (non-hydrogen) atoms. The Morgan fingerprint density at radius 3 is 1.97 bits per heavy atom. The van der Waals surface area contributed by atoms with Gasteiger partial charge in [-0.15, -0.1) is 0 Å². The van der Waals surface area contributed by atoms with Gasteiger partial charge in [0.05, 0.1) is 11.4 Å². The SMILES string of the molecule is C.C=C(CN1CCN(c2ccccc2)CC1)c1ccc(C(=O)Nc2ccccc2N)cc1.CC.[CH3-].[Y]. The molecule has 3 aromatic carbocycles. The van der Waals surface area contributed by atoms with Crippen LogP contribution >= 0.6 is 0 Å². The van der Waals surface area contributed by atoms with Gasteiger partial charge in [-0.25, -0.2) is 0 Å². The van der Waals surface area contributed by atoms with Crippen LogP contribution in [0.3, 0.4) is 0 Å². The Labute approximate surface area is 243 Å². The molecule has 3 aromatic rings. The zero-order valence-corrected chi connectivity index (χ0v) is 24.0. The number of rotatable bonds is 6. The van der Waals surface area contributed by atoms with Gasteiger partial charge in [0.2, 0.25) is 0 Å². The first kappa shape index (κ1) is 33.5. The summed E-state index contributed by atoms with van der Waals surface area (Å²) in [4.78, 5) is 17.4. The number of amides is 1. The summed E-state index contributed by atoms with van der Waals surface area (Å²) in [5, 5.41) is 2.86. The number of benzene rings is 3. The largest absolute Gasteiger partial charge is 0.397 e. The predicted molar refractivity (Wildman–Crippen MR) is 154 cm³/mol. The summed E-state index contributed by atoms with van der Waals surface area (Å²) in [7, 11) is 0. The zero-order chi connectivity index (χ0) is 23.6. The van der Waals surface area contributed by atoms with E-state index >= 15 is 0 Å². The molecule has 5 nitrogen and oxygen atoms in total. The summed E-state index contributed by atoms with van der Waals surface area (Å²) in [5.41, 5.74) is 11.1. The molecular weight excluding hydrogens is 521 g/mol. The van der Waals surface area contributed by atoms with Crippen molar-refractivity contribution in [3.63, 3.8) is 0 Å². The van der Waals surface area contributed by atoms with Crippen LogP contribution in [0.1, 0.15) is 37.2 Å². The quantitative estimate of drug-likeness (QED) is 0.267. The maximum Gasteiger partial charge on any atom is 0.255 e. The van der Waals surface area contributed by atoms with Gasteiger partial charge in [0, 0.05) is 76.7 Å². The van der Waals surface area contributed by atoms with Gasteiger partial charge in [0.1, 0.15) is 0 Å². The Kier molecular flexibility index (Phi) is 15.9. The molecule has 191 valence electrons. The van der Waals surface area contributed by atoms with Gasteiger partial charge in [-0.3, -0.25) is 9.69 Å². The van der Waals surface area contributed by atoms with Gasteiger partial charge in [-0.05, 0) is 47.5 Å². The average Bonchev–Trinajstić information content (AvgIpc) is 2.87. The number of hydrogen-bond donors (Lipinski definition) is 2. The smallest absolute Gasteiger partial charge is 0.255 e. The number of nitrogens with zero attached hydrogens (tertiary/aromatic N) is 2. The van der Waals surface area contributed by atoms with Crippen molar-refractivity contribution in [3.8, 4) is 0 Å². The number of anilines is 3. The van der Waals surface area contributed by atoms with Crippen LogP contribution in [0.15, 0.2) is 85.4 Å². The first-order valence-electron chi connectivity index (χ1n) is 11.6. The van der Waals surface area contributed by atoms with Crippen LogP contribution in [-0.2, 0) is 32.7 Å². The second-order valence-corrected chi connectivity index (χ2v) is 7.82. The average molecular weight is 563 g/mol. The van der Waals surface area contributed by atoms with E-state index in [2.05, 4.69) is 52.0 Å². The van der Waals surface area contributed by atoms with Crippen LogP contribution < -0.4 is 16.0 Å². The summed E-state index contributed by atoms with van der Waals surface area (Å²) in [6.45, 7) is 13.1. The van der Waals surface area contributed by atoms with E-state index in [4.69, 9.17) is 5.73 Å². The van der Waals surface area contributed by atoms with Gasteiger partial charge in [-0.2, -0.15) is 0 Å². The fourth-order valence-corrected chi connectivity index (χ4v) is 3.83. The van der Waals surface area contributed by atoms with Crippen molar-refractivity contribution in [2.75, 3.05) is 48.7 Å². The molecule has 0 bridgehead atoms. The molecule has 1 aliphatic heterocycles. The molecule has 1 radical (unpaired) electrons. The first-order chi connectivity index (χ1) is 16.1. The van der Waals surface area contributed by atoms with E-state index in [-0.39, 0.29) is 53.5 Å². The van der Waals surface area contributed by atoms with Crippen molar-refractivity contribution in [1.29, 1.82) is 0 Å². The topological polar surface area (TPSA) is 61.6 Å². The Balaban J connectivity index is 0.00000239. The molecule has 6 heteroatoms. The molecule has 1 aliphatic rings. The summed E-state index contributed by atoms with van der Waals surface area (Å²) < 4.78 is 0. The number of hydrogen-bond acceptors (Lipinski definition) is 4. The van der Waals surface area contributed by atoms with Crippen molar-refractivity contribution >= 4 is 28.5 Å². The molecule has 0 aliphatic carbocycles. The molecule has 1 heterocycles. The Morgan fingerprint density at radius 2 is 1.39 bits per heavy atom. The maximum atomic E-state index is 12.5. The minimum Gasteiger partial charge on any atom is -0.397 e. The van der Waals surface area contributed by atoms with E-state index in [0.29, 0.717) is 16.9 Å². The number of carbonyl (C=O) groups is 1. The van der Waals surface area contributed by atoms with Gasteiger partial charge < -0.3 is 23.4 Å². The zero-order valence-electron chi connectivity index (χ0n) is 21.2. The number of para-hydroxylation sites is 3. The number of nitrogens with two attached hydrogens (primary N) is 1. The molecule has 1 fully saturated rings. The van der Waals surface area contributed by atoms with Crippen molar-refractivity contribution in [2.24, 2.45) is 0 Å². The van der Waals surface area contributed by atoms with E-state index in [1.807, 2.05) is 50.2 Å². The molecular formula is C30H41N4OY-. The number of nitrogen functional groups attached to an aromatic ring is 1. The second-order valence-electron chi connectivity index (χ2n) is 7.82. The standard InChI is InChI=1S/C26H28N4O.C2H6.CH4.CH3.Y/c1-20(19-29-15-17-30(18-16-29)23-7-3-2-4-8-23)21-11-13-22(14-12-21)26(31)28-25-10-6-5-9-24(25)27;1-2;;;/h2-14H,1,15-19,27H2,(H,28,31);1-2H3;1H4;1H3;/q;;;-1;. The Hall–Kier alpha value is -2.47. The summed E-state index contributed by atoms with van der Waals surface area (Å²) in [6.07, 6.45) is 0. The third-order valence-electron chi connectivity index (χ3n) is 5.67. The fourth-order valence-electron chi connectivity index (χ4n) is 3.83. The molecule has 0 aromatic heterocycles. The van der Waals surface area contributed by atoms with Crippen LogP contribution in [0, 0.1) is 7.43 Å². The van der Waals surface area contributed by atoms with E-state index in [1.54, 1.807) is 12.1 Å². The van der Waals surface area contributed by atoms with Crippen LogP contribution in [-0.4, -0.2) is 43.5 Å². The molecule has 4 rings (SSSR count). The normalized spacial score (nSPS) is 12.4. The summed E-state index contributed by atoms with van der Waals surface area (Å²) in [5.74, 6) is -0.174. The Morgan fingerprint density at radius 1 is 0.861 bits per heavy atom. The molecule has 1 amide bonds. The summed E-state index contributed by atoms with van der Waals surface area (Å²) >= 11 is 0. The number of carbonyl (C=O) groups excluding carboxylic acids is 1. The van der Waals surface area contributed by atoms with E-state index in [1.165, 1.54) is 5.69 Å². The van der Waals surface area contributed by atoms with Crippen LogP contribution in [0.4, 0.5) is 17.1 Å². The number of nitrogens with one attached hydrogen (secondary N) is 1. The Bertz CT molecular complexity index is 1050. The monoisotopic (exact) mass is 562 g/mol.